The third-order valence-electron chi connectivity index (χ3n) is 3.55. The van der Waals surface area contributed by atoms with Crippen molar-refractivity contribution in [2.75, 3.05) is 7.05 Å². The lowest BCUT2D eigenvalue weighted by molar-refractivity contribution is -0.137. The van der Waals surface area contributed by atoms with E-state index in [1.165, 1.54) is 6.42 Å². The van der Waals surface area contributed by atoms with Crippen LogP contribution in [-0.4, -0.2) is 41.1 Å². The molecule has 110 valence electrons. The van der Waals surface area contributed by atoms with Gasteiger partial charge >= 0.3 is 12.0 Å². The van der Waals surface area contributed by atoms with Crippen LogP contribution in [0.1, 0.15) is 52.9 Å². The van der Waals surface area contributed by atoms with E-state index in [0.29, 0.717) is 12.5 Å². The normalized spacial score (nSPS) is 17.5. The lowest BCUT2D eigenvalue weighted by atomic mass is 9.87. The number of nitrogens with zero attached hydrogens (tertiary/aromatic N) is 1. The number of carboxylic acid groups (broad SMARTS) is 1. The molecule has 1 aliphatic rings. The first-order valence-corrected chi connectivity index (χ1v) is 6.94. The minimum atomic E-state index is -0.874. The molecule has 0 heterocycles. The van der Waals surface area contributed by atoms with Gasteiger partial charge in [0.15, 0.2) is 0 Å². The van der Waals surface area contributed by atoms with Crippen molar-refractivity contribution in [1.82, 2.24) is 10.2 Å². The molecule has 1 fully saturated rings. The molecule has 1 aliphatic carbocycles. The number of aliphatic carboxylic acids is 1. The number of rotatable bonds is 5. The fraction of sp³-hybridized carbons (Fsp3) is 0.857. The van der Waals surface area contributed by atoms with E-state index in [2.05, 4.69) is 5.32 Å². The van der Waals surface area contributed by atoms with Crippen LogP contribution in [0.15, 0.2) is 0 Å². The minimum Gasteiger partial charge on any atom is -0.481 e. The van der Waals surface area contributed by atoms with Gasteiger partial charge in [-0.25, -0.2) is 4.79 Å². The maximum atomic E-state index is 12.1. The summed E-state index contributed by atoms with van der Waals surface area (Å²) >= 11 is 0. The highest BCUT2D eigenvalue weighted by Crippen LogP contribution is 2.25. The van der Waals surface area contributed by atoms with E-state index in [0.717, 1.165) is 12.8 Å². The predicted molar refractivity (Wildman–Crippen MR) is 74.0 cm³/mol. The summed E-state index contributed by atoms with van der Waals surface area (Å²) in [6.45, 7) is 6.14. The lowest BCUT2D eigenvalue weighted by Gasteiger charge is -2.36. The van der Waals surface area contributed by atoms with Crippen molar-refractivity contribution in [2.24, 2.45) is 5.41 Å². The van der Waals surface area contributed by atoms with Crippen LogP contribution in [0, 0.1) is 5.41 Å². The van der Waals surface area contributed by atoms with Gasteiger partial charge in [-0.1, -0.05) is 20.8 Å². The van der Waals surface area contributed by atoms with Gasteiger partial charge in [0.05, 0.1) is 6.42 Å². The molecule has 1 atom stereocenters. The number of hydrogen-bond acceptors (Lipinski definition) is 2. The first-order valence-electron chi connectivity index (χ1n) is 6.94. The van der Waals surface area contributed by atoms with Gasteiger partial charge in [-0.15, -0.1) is 0 Å². The molecule has 2 N–H and O–H groups in total. The van der Waals surface area contributed by atoms with E-state index in [4.69, 9.17) is 5.11 Å². The van der Waals surface area contributed by atoms with Gasteiger partial charge in [0, 0.05) is 19.1 Å². The van der Waals surface area contributed by atoms with Crippen LogP contribution in [0.25, 0.3) is 0 Å². The Morgan fingerprint density at radius 2 is 1.95 bits per heavy atom. The molecule has 0 aromatic heterocycles. The molecule has 5 nitrogen and oxygen atoms in total. The van der Waals surface area contributed by atoms with Gasteiger partial charge in [-0.2, -0.15) is 0 Å². The molecular weight excluding hydrogens is 244 g/mol. The number of hydrogen-bond donors (Lipinski definition) is 2. The number of carbonyl (C=O) groups excluding carboxylic acids is 1. The van der Waals surface area contributed by atoms with Crippen molar-refractivity contribution in [3.8, 4) is 0 Å². The number of amides is 2. The third kappa shape index (κ3) is 5.49. The summed E-state index contributed by atoms with van der Waals surface area (Å²) in [7, 11) is 1.79. The second-order valence-corrected chi connectivity index (χ2v) is 6.70. The Bertz CT molecular complexity index is 332. The SMILES string of the molecule is CN(C(=O)NC(CC(=O)O)CC(C)(C)C)C1CCC1. The summed E-state index contributed by atoms with van der Waals surface area (Å²) < 4.78 is 0. The van der Waals surface area contributed by atoms with Crippen molar-refractivity contribution >= 4 is 12.0 Å². The Kier molecular flexibility index (Phi) is 5.20. The Labute approximate surface area is 115 Å². The molecule has 19 heavy (non-hydrogen) atoms. The summed E-state index contributed by atoms with van der Waals surface area (Å²) in [5, 5.41) is 11.8. The van der Waals surface area contributed by atoms with Crippen molar-refractivity contribution in [2.45, 2.75) is 65.0 Å². The minimum absolute atomic E-state index is 0.0115. The molecule has 0 saturated heterocycles. The fourth-order valence-corrected chi connectivity index (χ4v) is 2.34. The zero-order valence-corrected chi connectivity index (χ0v) is 12.4. The third-order valence-corrected chi connectivity index (χ3v) is 3.55. The summed E-state index contributed by atoms with van der Waals surface area (Å²) in [5.41, 5.74) is -0.0115. The standard InChI is InChI=1S/C14H26N2O3/c1-14(2,3)9-10(8-12(17)18)15-13(19)16(4)11-6-5-7-11/h10-11H,5-9H2,1-4H3,(H,15,19)(H,17,18). The van der Waals surface area contributed by atoms with E-state index in [1.54, 1.807) is 11.9 Å². The molecule has 0 spiro atoms. The molecule has 2 amide bonds. The molecule has 1 unspecified atom stereocenters. The molecule has 0 aromatic rings. The number of urea groups is 1. The van der Waals surface area contributed by atoms with Crippen LogP contribution < -0.4 is 5.32 Å². The van der Waals surface area contributed by atoms with Gasteiger partial charge in [0.2, 0.25) is 0 Å². The monoisotopic (exact) mass is 270 g/mol. The van der Waals surface area contributed by atoms with E-state index in [-0.39, 0.29) is 23.9 Å². The average Bonchev–Trinajstić information content (AvgIpc) is 2.10. The van der Waals surface area contributed by atoms with E-state index in [9.17, 15) is 9.59 Å². The van der Waals surface area contributed by atoms with Crippen LogP contribution in [0.2, 0.25) is 0 Å². The molecule has 0 bridgehead atoms. The number of carboxylic acids is 1. The van der Waals surface area contributed by atoms with Gasteiger partial charge in [0.25, 0.3) is 0 Å². The van der Waals surface area contributed by atoms with Gasteiger partial charge in [0.1, 0.15) is 0 Å². The largest absolute Gasteiger partial charge is 0.481 e. The smallest absolute Gasteiger partial charge is 0.317 e. The maximum absolute atomic E-state index is 12.1. The van der Waals surface area contributed by atoms with Crippen LogP contribution >= 0.6 is 0 Å². The quantitative estimate of drug-likeness (QED) is 0.806. The van der Waals surface area contributed by atoms with Crippen LogP contribution in [0.5, 0.6) is 0 Å². The summed E-state index contributed by atoms with van der Waals surface area (Å²) in [4.78, 5) is 24.7. The summed E-state index contributed by atoms with van der Waals surface area (Å²) in [6.07, 6.45) is 3.90. The number of carbonyl (C=O) groups is 2. The second kappa shape index (κ2) is 6.26. The van der Waals surface area contributed by atoms with Gasteiger partial charge in [-0.3, -0.25) is 4.79 Å². The zero-order valence-electron chi connectivity index (χ0n) is 12.4. The summed E-state index contributed by atoms with van der Waals surface area (Å²) in [5.74, 6) is -0.874. The molecule has 0 radical (unpaired) electrons. The van der Waals surface area contributed by atoms with Crippen molar-refractivity contribution < 1.29 is 14.7 Å². The Hall–Kier alpha value is -1.26. The van der Waals surface area contributed by atoms with Crippen molar-refractivity contribution in [1.29, 1.82) is 0 Å². The Balaban J connectivity index is 2.54. The topological polar surface area (TPSA) is 69.6 Å². The highest BCUT2D eigenvalue weighted by atomic mass is 16.4. The molecule has 0 aromatic carbocycles. The average molecular weight is 270 g/mol. The van der Waals surface area contributed by atoms with Crippen LogP contribution in [-0.2, 0) is 4.79 Å². The first-order chi connectivity index (χ1) is 8.69. The van der Waals surface area contributed by atoms with E-state index >= 15 is 0 Å². The molecule has 1 rings (SSSR count). The summed E-state index contributed by atoms with van der Waals surface area (Å²) in [6, 6.07) is -0.146. The lowest BCUT2D eigenvalue weighted by Crippen LogP contribution is -2.50. The zero-order chi connectivity index (χ0) is 14.6. The van der Waals surface area contributed by atoms with Crippen molar-refractivity contribution in [3.05, 3.63) is 0 Å². The highest BCUT2D eigenvalue weighted by molar-refractivity contribution is 5.76. The van der Waals surface area contributed by atoms with Crippen LogP contribution in [0.3, 0.4) is 0 Å². The van der Waals surface area contributed by atoms with E-state index < -0.39 is 5.97 Å². The second-order valence-electron chi connectivity index (χ2n) is 6.70. The molecule has 0 aliphatic heterocycles. The maximum Gasteiger partial charge on any atom is 0.317 e. The predicted octanol–water partition coefficient (Wildman–Crippen LogP) is 2.46. The number of nitrogens with one attached hydrogen (secondary N) is 1. The van der Waals surface area contributed by atoms with Gasteiger partial charge in [-0.05, 0) is 31.1 Å². The van der Waals surface area contributed by atoms with Gasteiger partial charge < -0.3 is 15.3 Å². The van der Waals surface area contributed by atoms with Crippen molar-refractivity contribution in [3.63, 3.8) is 0 Å². The Morgan fingerprint density at radius 1 is 1.37 bits per heavy atom. The molecular formula is C14H26N2O3. The van der Waals surface area contributed by atoms with Crippen LogP contribution in [0.4, 0.5) is 4.79 Å². The molecule has 1 saturated carbocycles. The molecule has 5 heteroatoms. The van der Waals surface area contributed by atoms with E-state index in [1.807, 2.05) is 20.8 Å². The highest BCUT2D eigenvalue weighted by Gasteiger charge is 2.28. The first kappa shape index (κ1) is 15.8. The Morgan fingerprint density at radius 3 is 2.32 bits per heavy atom. The fourth-order valence-electron chi connectivity index (χ4n) is 2.34.